The SMILES string of the molecule is CC#C[Si](C)(CC(C)(C)CC(C)(C)C(=O)Oc1cc(CN)c(O)c(C(C)(C)C)c1)OCC. The monoisotopic (exact) mass is 461 g/mol. The van der Waals surface area contributed by atoms with E-state index in [0.29, 0.717) is 29.9 Å². The number of aromatic hydroxyl groups is 1. The Morgan fingerprint density at radius 1 is 1.16 bits per heavy atom. The van der Waals surface area contributed by atoms with Crippen LogP contribution in [0.2, 0.25) is 12.6 Å². The third kappa shape index (κ3) is 7.65. The molecule has 1 atom stereocenters. The van der Waals surface area contributed by atoms with Crippen LogP contribution in [0, 0.1) is 22.3 Å². The summed E-state index contributed by atoms with van der Waals surface area (Å²) in [5, 5.41) is 10.6. The minimum Gasteiger partial charge on any atom is -0.507 e. The highest BCUT2D eigenvalue weighted by molar-refractivity contribution is 6.80. The minimum atomic E-state index is -2.20. The van der Waals surface area contributed by atoms with E-state index >= 15 is 0 Å². The van der Waals surface area contributed by atoms with Crippen molar-refractivity contribution >= 4 is 14.3 Å². The molecule has 32 heavy (non-hydrogen) atoms. The van der Waals surface area contributed by atoms with Gasteiger partial charge >= 0.3 is 5.97 Å². The van der Waals surface area contributed by atoms with Crippen molar-refractivity contribution in [3.05, 3.63) is 23.3 Å². The zero-order valence-electron chi connectivity index (χ0n) is 21.7. The Labute approximate surface area is 196 Å². The van der Waals surface area contributed by atoms with Crippen molar-refractivity contribution in [1.29, 1.82) is 0 Å². The summed E-state index contributed by atoms with van der Waals surface area (Å²) in [7, 11) is -2.20. The van der Waals surface area contributed by atoms with Crippen molar-refractivity contribution in [2.24, 2.45) is 16.6 Å². The Morgan fingerprint density at radius 2 is 1.75 bits per heavy atom. The molecule has 0 saturated heterocycles. The molecule has 0 spiro atoms. The normalized spacial score (nSPS) is 14.3. The Morgan fingerprint density at radius 3 is 2.22 bits per heavy atom. The molecule has 180 valence electrons. The number of carbonyl (C=O) groups excluding carboxylic acids is 1. The van der Waals surface area contributed by atoms with Crippen molar-refractivity contribution in [3.8, 4) is 23.0 Å². The molecule has 0 amide bonds. The predicted molar refractivity (Wildman–Crippen MR) is 134 cm³/mol. The fourth-order valence-corrected chi connectivity index (χ4v) is 8.04. The number of hydrogen-bond donors (Lipinski definition) is 2. The van der Waals surface area contributed by atoms with Gasteiger partial charge in [0.25, 0.3) is 8.32 Å². The van der Waals surface area contributed by atoms with Gasteiger partial charge in [0, 0.05) is 24.3 Å². The topological polar surface area (TPSA) is 81.8 Å². The molecule has 6 heteroatoms. The molecule has 0 aliphatic heterocycles. The molecule has 5 nitrogen and oxygen atoms in total. The number of hydrogen-bond acceptors (Lipinski definition) is 5. The number of carbonyl (C=O) groups is 1. The minimum absolute atomic E-state index is 0.156. The lowest BCUT2D eigenvalue weighted by Gasteiger charge is -2.37. The quantitative estimate of drug-likeness (QED) is 0.214. The number of benzene rings is 1. The van der Waals surface area contributed by atoms with Crippen LogP contribution in [0.5, 0.6) is 11.5 Å². The molecular formula is C26H43NO4Si. The van der Waals surface area contributed by atoms with Gasteiger partial charge < -0.3 is 20.0 Å². The maximum atomic E-state index is 13.2. The number of rotatable bonds is 9. The van der Waals surface area contributed by atoms with E-state index < -0.39 is 13.7 Å². The first-order chi connectivity index (χ1) is 14.5. The van der Waals surface area contributed by atoms with Gasteiger partial charge in [0.2, 0.25) is 0 Å². The van der Waals surface area contributed by atoms with E-state index in [4.69, 9.17) is 14.9 Å². The van der Waals surface area contributed by atoms with Crippen LogP contribution in [0.25, 0.3) is 0 Å². The van der Waals surface area contributed by atoms with Gasteiger partial charge in [-0.1, -0.05) is 40.2 Å². The number of phenolic OH excluding ortho intramolecular Hbond substituents is 1. The summed E-state index contributed by atoms with van der Waals surface area (Å²) >= 11 is 0. The summed E-state index contributed by atoms with van der Waals surface area (Å²) in [6.07, 6.45) is 0.633. The predicted octanol–water partition coefficient (Wildman–Crippen LogP) is 5.67. The van der Waals surface area contributed by atoms with Crippen molar-refractivity contribution in [1.82, 2.24) is 0 Å². The molecule has 0 aromatic heterocycles. The molecule has 3 N–H and O–H groups in total. The number of esters is 1. The van der Waals surface area contributed by atoms with E-state index in [-0.39, 0.29) is 29.1 Å². The molecule has 1 aromatic carbocycles. The summed E-state index contributed by atoms with van der Waals surface area (Å²) in [6.45, 7) is 20.9. The van der Waals surface area contributed by atoms with Crippen LogP contribution in [0.1, 0.15) is 79.9 Å². The van der Waals surface area contributed by atoms with Gasteiger partial charge in [0.1, 0.15) is 11.5 Å². The van der Waals surface area contributed by atoms with Crippen molar-refractivity contribution < 1.29 is 19.1 Å². The van der Waals surface area contributed by atoms with Gasteiger partial charge in [0.05, 0.1) is 5.41 Å². The fraction of sp³-hybridized carbons (Fsp3) is 0.654. The molecule has 0 aliphatic rings. The van der Waals surface area contributed by atoms with Crippen LogP contribution in [-0.2, 0) is 21.2 Å². The van der Waals surface area contributed by atoms with E-state index in [1.165, 1.54) is 0 Å². The van der Waals surface area contributed by atoms with Crippen LogP contribution in [0.15, 0.2) is 12.1 Å². The van der Waals surface area contributed by atoms with E-state index in [1.54, 1.807) is 12.1 Å². The molecule has 1 unspecified atom stereocenters. The van der Waals surface area contributed by atoms with Gasteiger partial charge in [-0.15, -0.1) is 5.92 Å². The first-order valence-electron chi connectivity index (χ1n) is 11.4. The summed E-state index contributed by atoms with van der Waals surface area (Å²) in [6, 6.07) is 4.22. The maximum absolute atomic E-state index is 13.2. The second-order valence-corrected chi connectivity index (χ2v) is 14.6. The van der Waals surface area contributed by atoms with Crippen molar-refractivity contribution in [3.63, 3.8) is 0 Å². The van der Waals surface area contributed by atoms with E-state index in [9.17, 15) is 9.90 Å². The van der Waals surface area contributed by atoms with Crippen LogP contribution in [-0.4, -0.2) is 26.0 Å². The van der Waals surface area contributed by atoms with E-state index in [1.807, 2.05) is 48.5 Å². The standard InChI is InChI=1S/C26H43NO4Si/c1-11-13-32(10,30-12-2)18-25(6,7)17-26(8,9)23(29)31-20-14-19(16-27)22(28)21(15-20)24(3,4)5/h14-15,28H,12,16-18,27H2,1-10H3. The van der Waals surface area contributed by atoms with E-state index in [0.717, 1.165) is 6.04 Å². The van der Waals surface area contributed by atoms with Gasteiger partial charge in [-0.2, -0.15) is 0 Å². The summed E-state index contributed by atoms with van der Waals surface area (Å²) < 4.78 is 11.9. The second kappa shape index (κ2) is 10.4. The largest absolute Gasteiger partial charge is 0.507 e. The van der Waals surface area contributed by atoms with Crippen LogP contribution < -0.4 is 10.5 Å². The Bertz CT molecular complexity index is 874. The highest BCUT2D eigenvalue weighted by Gasteiger charge is 2.41. The van der Waals surface area contributed by atoms with Gasteiger partial charge in [-0.05, 0) is 69.7 Å². The highest BCUT2D eigenvalue weighted by Crippen LogP contribution is 2.42. The molecule has 0 bridgehead atoms. The lowest BCUT2D eigenvalue weighted by Crippen LogP contribution is -2.41. The average Bonchev–Trinajstić information content (AvgIpc) is 2.60. The molecule has 1 rings (SSSR count). The number of phenols is 1. The zero-order chi connectivity index (χ0) is 25.0. The maximum Gasteiger partial charge on any atom is 0.316 e. The van der Waals surface area contributed by atoms with E-state index in [2.05, 4.69) is 31.9 Å². The first-order valence-corrected chi connectivity index (χ1v) is 14.0. The van der Waals surface area contributed by atoms with Gasteiger partial charge in [-0.25, -0.2) is 0 Å². The average molecular weight is 462 g/mol. The molecule has 1 aromatic rings. The van der Waals surface area contributed by atoms with Crippen LogP contribution in [0.3, 0.4) is 0 Å². The first kappa shape index (κ1) is 28.2. The summed E-state index contributed by atoms with van der Waals surface area (Å²) in [5.74, 6) is 3.30. The number of nitrogens with two attached hydrogens (primary N) is 1. The summed E-state index contributed by atoms with van der Waals surface area (Å²) in [4.78, 5) is 13.2. The highest BCUT2D eigenvalue weighted by atomic mass is 28.4. The number of ether oxygens (including phenoxy) is 1. The molecular weight excluding hydrogens is 418 g/mol. The molecule has 0 radical (unpaired) electrons. The Hall–Kier alpha value is -1.81. The lowest BCUT2D eigenvalue weighted by molar-refractivity contribution is -0.145. The van der Waals surface area contributed by atoms with Gasteiger partial charge in [0.15, 0.2) is 0 Å². The Kier molecular flexibility index (Phi) is 9.18. The molecule has 0 heterocycles. The fourth-order valence-electron chi connectivity index (χ4n) is 4.66. The third-order valence-corrected chi connectivity index (χ3v) is 8.88. The molecule has 0 fully saturated rings. The second-order valence-electron chi connectivity index (χ2n) is 11.3. The zero-order valence-corrected chi connectivity index (χ0v) is 22.7. The smallest absolute Gasteiger partial charge is 0.316 e. The lowest BCUT2D eigenvalue weighted by atomic mass is 9.76. The molecule has 0 aliphatic carbocycles. The summed E-state index contributed by atoms with van der Waals surface area (Å²) in [5.41, 5.74) is 9.23. The van der Waals surface area contributed by atoms with Crippen LogP contribution in [0.4, 0.5) is 0 Å². The third-order valence-electron chi connectivity index (χ3n) is 5.54. The van der Waals surface area contributed by atoms with Crippen molar-refractivity contribution in [2.75, 3.05) is 6.61 Å². The Balaban J connectivity index is 3.13. The van der Waals surface area contributed by atoms with Gasteiger partial charge in [-0.3, -0.25) is 4.79 Å². The van der Waals surface area contributed by atoms with Crippen molar-refractivity contribution in [2.45, 2.75) is 93.3 Å². The van der Waals surface area contributed by atoms with Crippen LogP contribution >= 0.6 is 0 Å². The molecule has 0 saturated carbocycles.